The predicted molar refractivity (Wildman–Crippen MR) is 123 cm³/mol. The average Bonchev–Trinajstić information content (AvgIpc) is 3.23. The molecule has 1 aromatic heterocycles. The van der Waals surface area contributed by atoms with Gasteiger partial charge < -0.3 is 20.3 Å². The van der Waals surface area contributed by atoms with E-state index in [9.17, 15) is 9.18 Å². The first-order valence-electron chi connectivity index (χ1n) is 11.4. The summed E-state index contributed by atoms with van der Waals surface area (Å²) in [6.45, 7) is 7.26. The van der Waals surface area contributed by atoms with E-state index in [-0.39, 0.29) is 11.5 Å². The van der Waals surface area contributed by atoms with Gasteiger partial charge in [0.2, 0.25) is 5.95 Å². The van der Waals surface area contributed by atoms with Crippen molar-refractivity contribution in [3.05, 3.63) is 29.8 Å². The van der Waals surface area contributed by atoms with Gasteiger partial charge in [0.15, 0.2) is 0 Å². The lowest BCUT2D eigenvalue weighted by Gasteiger charge is -2.48. The van der Waals surface area contributed by atoms with Crippen molar-refractivity contribution < 1.29 is 13.9 Å². The summed E-state index contributed by atoms with van der Waals surface area (Å²) in [5.74, 6) is 0.123. The number of piperazine rings is 1. The highest BCUT2D eigenvalue weighted by Crippen LogP contribution is 2.47. The summed E-state index contributed by atoms with van der Waals surface area (Å²) in [6.07, 6.45) is 6.41. The fourth-order valence-corrected chi connectivity index (χ4v) is 5.41. The van der Waals surface area contributed by atoms with Crippen LogP contribution in [0.1, 0.15) is 31.7 Å². The number of amides is 1. The van der Waals surface area contributed by atoms with Crippen LogP contribution in [0.4, 0.5) is 15.0 Å². The number of halogens is 1. The molecule has 2 aliphatic heterocycles. The number of hydrogen-bond acceptors (Lipinski definition) is 7. The monoisotopic (exact) mass is 444 g/mol. The zero-order chi connectivity index (χ0) is 22.7. The van der Waals surface area contributed by atoms with Gasteiger partial charge in [-0.1, -0.05) is 0 Å². The van der Waals surface area contributed by atoms with Gasteiger partial charge in [-0.3, -0.25) is 9.89 Å². The maximum Gasteiger partial charge on any atom is 0.409 e. The number of pyridine rings is 1. The van der Waals surface area contributed by atoms with Crippen molar-refractivity contribution in [2.24, 2.45) is 16.1 Å². The smallest absolute Gasteiger partial charge is 0.409 e. The van der Waals surface area contributed by atoms with E-state index in [0.29, 0.717) is 18.5 Å². The van der Waals surface area contributed by atoms with Gasteiger partial charge in [-0.25, -0.2) is 9.78 Å². The summed E-state index contributed by atoms with van der Waals surface area (Å²) in [7, 11) is 1.68. The number of aliphatic imine (C=N–C) groups is 1. The number of rotatable bonds is 5. The van der Waals surface area contributed by atoms with E-state index in [2.05, 4.69) is 19.8 Å². The molecular weight excluding hydrogens is 411 g/mol. The number of likely N-dealkylation sites (tertiary alicyclic amines) is 1. The minimum atomic E-state index is -0.495. The van der Waals surface area contributed by atoms with E-state index in [1.165, 1.54) is 12.3 Å². The molecule has 1 aliphatic carbocycles. The Kier molecular flexibility index (Phi) is 6.64. The van der Waals surface area contributed by atoms with Crippen molar-refractivity contribution in [2.45, 2.75) is 32.2 Å². The summed E-state index contributed by atoms with van der Waals surface area (Å²) in [5.41, 5.74) is 7.56. The molecule has 3 aliphatic rings. The molecule has 4 rings (SSSR count). The lowest BCUT2D eigenvalue weighted by atomic mass is 9.78. The van der Waals surface area contributed by atoms with E-state index >= 15 is 0 Å². The van der Waals surface area contributed by atoms with Gasteiger partial charge in [-0.15, -0.1) is 0 Å². The number of anilines is 1. The molecule has 1 spiro atoms. The van der Waals surface area contributed by atoms with Crippen LogP contribution < -0.4 is 10.6 Å². The highest BCUT2D eigenvalue weighted by Gasteiger charge is 2.51. The molecule has 3 heterocycles. The Labute approximate surface area is 188 Å². The Hall–Kier alpha value is -2.68. The maximum absolute atomic E-state index is 14.0. The van der Waals surface area contributed by atoms with E-state index in [4.69, 9.17) is 10.5 Å². The van der Waals surface area contributed by atoms with Crippen LogP contribution in [0.15, 0.2) is 23.3 Å². The van der Waals surface area contributed by atoms with Crippen LogP contribution in [0.5, 0.6) is 0 Å². The van der Waals surface area contributed by atoms with Crippen LogP contribution in [0.25, 0.3) is 5.57 Å². The number of hydrogen-bond donors (Lipinski definition) is 1. The largest absolute Gasteiger partial charge is 0.450 e. The fraction of sp³-hybridized carbons (Fsp3) is 0.609. The molecule has 32 heavy (non-hydrogen) atoms. The number of carbonyl (C=O) groups is 1. The molecule has 0 radical (unpaired) electrons. The van der Waals surface area contributed by atoms with E-state index in [1.54, 1.807) is 19.3 Å². The lowest BCUT2D eigenvalue weighted by molar-refractivity contribution is -0.00294. The van der Waals surface area contributed by atoms with Gasteiger partial charge >= 0.3 is 6.09 Å². The molecule has 9 heteroatoms. The molecule has 2 saturated heterocycles. The third-order valence-corrected chi connectivity index (χ3v) is 6.99. The summed E-state index contributed by atoms with van der Waals surface area (Å²) < 4.78 is 19.1. The van der Waals surface area contributed by atoms with Gasteiger partial charge in [-0.05, 0) is 38.3 Å². The Morgan fingerprint density at radius 1 is 1.34 bits per heavy atom. The maximum atomic E-state index is 14.0. The Bertz CT molecular complexity index is 890. The van der Waals surface area contributed by atoms with Crippen LogP contribution in [-0.2, 0) is 4.74 Å². The molecule has 1 saturated carbocycles. The minimum Gasteiger partial charge on any atom is -0.450 e. The van der Waals surface area contributed by atoms with Crippen LogP contribution in [-0.4, -0.2) is 86.1 Å². The molecule has 1 aromatic rings. The first-order valence-corrected chi connectivity index (χ1v) is 11.4. The molecule has 3 fully saturated rings. The van der Waals surface area contributed by atoms with Gasteiger partial charge in [0.25, 0.3) is 0 Å². The van der Waals surface area contributed by atoms with Gasteiger partial charge in [-0.2, -0.15) is 4.39 Å². The molecule has 1 amide bonds. The summed E-state index contributed by atoms with van der Waals surface area (Å²) in [5, 5.41) is 0. The van der Waals surface area contributed by atoms with Crippen LogP contribution >= 0.6 is 0 Å². The summed E-state index contributed by atoms with van der Waals surface area (Å²) in [6, 6.07) is 3.61. The zero-order valence-electron chi connectivity index (χ0n) is 19.0. The molecule has 0 bridgehead atoms. The first-order chi connectivity index (χ1) is 15.5. The van der Waals surface area contributed by atoms with Crippen molar-refractivity contribution >= 4 is 23.7 Å². The van der Waals surface area contributed by atoms with Gasteiger partial charge in [0.05, 0.1) is 6.61 Å². The third-order valence-electron chi connectivity index (χ3n) is 6.99. The Balaban J connectivity index is 1.36. The predicted octanol–water partition coefficient (Wildman–Crippen LogP) is 2.35. The second-order valence-corrected chi connectivity index (χ2v) is 8.99. The fourth-order valence-electron chi connectivity index (χ4n) is 5.41. The zero-order valence-corrected chi connectivity index (χ0v) is 19.0. The van der Waals surface area contributed by atoms with E-state index in [1.807, 2.05) is 11.8 Å². The molecule has 0 unspecified atom stereocenters. The molecule has 8 nitrogen and oxygen atoms in total. The molecule has 0 aromatic carbocycles. The number of carbonyl (C=O) groups excluding carboxylic acids is 1. The van der Waals surface area contributed by atoms with Gasteiger partial charge in [0, 0.05) is 81.3 Å². The highest BCUT2D eigenvalue weighted by atomic mass is 19.1. The highest BCUT2D eigenvalue weighted by molar-refractivity contribution is 6.11. The standard InChI is InChI=1S/C23H33FN6O2/c1-3-32-22(31)30-15-23(16-30)7-6-18(12-23)28-8-10-29(11-9-28)21-19(4-5-20(24)27-21)17(13-25)14-26-2/h4-5,13-14,18H,3,6-12,15-16,25H2,1-2H3/t18-/m1/s1. The number of ether oxygens (including phenoxy) is 1. The van der Waals surface area contributed by atoms with E-state index in [0.717, 1.165) is 69.7 Å². The summed E-state index contributed by atoms with van der Waals surface area (Å²) in [4.78, 5) is 26.7. The normalized spacial score (nSPS) is 23.7. The number of allylic oxidation sites excluding steroid dienone is 1. The van der Waals surface area contributed by atoms with Crippen LogP contribution in [0, 0.1) is 11.4 Å². The van der Waals surface area contributed by atoms with Crippen molar-refractivity contribution in [3.8, 4) is 0 Å². The second kappa shape index (κ2) is 9.44. The molecular formula is C23H33FN6O2. The second-order valence-electron chi connectivity index (χ2n) is 8.99. The number of aromatic nitrogens is 1. The Morgan fingerprint density at radius 2 is 2.09 bits per heavy atom. The third kappa shape index (κ3) is 4.44. The Morgan fingerprint density at radius 3 is 2.75 bits per heavy atom. The minimum absolute atomic E-state index is 0.187. The quantitative estimate of drug-likeness (QED) is 0.554. The van der Waals surface area contributed by atoms with Crippen LogP contribution in [0.2, 0.25) is 0 Å². The molecule has 174 valence electrons. The SMILES string of the molecule is CCOC(=O)N1CC2(CC[C@@H](N3CCN(c4nc(F)ccc4C(C=NC)=CN)CC3)C2)C1. The van der Waals surface area contributed by atoms with Crippen molar-refractivity contribution in [2.75, 3.05) is 57.8 Å². The van der Waals surface area contributed by atoms with Crippen molar-refractivity contribution in [3.63, 3.8) is 0 Å². The van der Waals surface area contributed by atoms with Crippen LogP contribution in [0.3, 0.4) is 0 Å². The van der Waals surface area contributed by atoms with Gasteiger partial charge in [0.1, 0.15) is 5.82 Å². The molecule has 1 atom stereocenters. The van der Waals surface area contributed by atoms with Crippen molar-refractivity contribution in [1.29, 1.82) is 0 Å². The topological polar surface area (TPSA) is 87.3 Å². The van der Waals surface area contributed by atoms with E-state index < -0.39 is 5.95 Å². The first kappa shape index (κ1) is 22.5. The van der Waals surface area contributed by atoms with Crippen molar-refractivity contribution in [1.82, 2.24) is 14.8 Å². The number of nitrogens with zero attached hydrogens (tertiary/aromatic N) is 5. The average molecular weight is 445 g/mol. The lowest BCUT2D eigenvalue weighted by Crippen LogP contribution is -2.58. The molecule has 2 N–H and O–H groups in total. The number of nitrogens with two attached hydrogens (primary N) is 1. The summed E-state index contributed by atoms with van der Waals surface area (Å²) >= 11 is 0.